The third-order valence-electron chi connectivity index (χ3n) is 7.05. The third kappa shape index (κ3) is 4.85. The SMILES string of the molecule is CC.CC1(C)/C=C\C(c2ccc3sc4ccc(-n5ccc6cc(C#N)ccc65)cc4c3c2)=C/C(C)(C)/C=C\1. The van der Waals surface area contributed by atoms with Gasteiger partial charge in [0.1, 0.15) is 0 Å². The zero-order valence-corrected chi connectivity index (χ0v) is 23.9. The van der Waals surface area contributed by atoms with E-state index in [0.29, 0.717) is 5.56 Å². The molecular formula is C35H34N2S. The molecule has 3 heteroatoms. The topological polar surface area (TPSA) is 28.7 Å². The lowest BCUT2D eigenvalue weighted by Gasteiger charge is -2.24. The smallest absolute Gasteiger partial charge is 0.0991 e. The van der Waals surface area contributed by atoms with Crippen molar-refractivity contribution in [1.82, 2.24) is 4.57 Å². The molecular weight excluding hydrogens is 480 g/mol. The Morgan fingerprint density at radius 2 is 1.47 bits per heavy atom. The van der Waals surface area contributed by atoms with E-state index < -0.39 is 0 Å². The number of hydrogen-bond donors (Lipinski definition) is 0. The second-order valence-corrected chi connectivity index (χ2v) is 12.1. The Morgan fingerprint density at radius 1 is 0.763 bits per heavy atom. The molecule has 0 fully saturated rings. The standard InChI is InChI=1S/C33H28N2S.C2H6/c1-32(2)13-11-25(20-33(3,4)15-14-32)23-6-9-30-27(18-23)28-19-26(7-10-31(28)36-30)35-16-12-24-17-22(21-34)5-8-29(24)35;1-2/h5-20H,1-4H3;1-2H3/b13-11-,15-14-,25-20+;. The van der Waals surface area contributed by atoms with Gasteiger partial charge in [-0.2, -0.15) is 5.26 Å². The van der Waals surface area contributed by atoms with Crippen LogP contribution in [0.15, 0.2) is 97.2 Å². The summed E-state index contributed by atoms with van der Waals surface area (Å²) in [5.74, 6) is 0. The molecule has 0 unspecified atom stereocenters. The van der Waals surface area contributed by atoms with Crippen LogP contribution in [0.2, 0.25) is 0 Å². The Labute approximate surface area is 229 Å². The summed E-state index contributed by atoms with van der Waals surface area (Å²) in [6, 6.07) is 23.8. The van der Waals surface area contributed by atoms with Crippen LogP contribution in [0.1, 0.15) is 52.7 Å². The molecule has 1 aliphatic rings. The second-order valence-electron chi connectivity index (χ2n) is 11.0. The Kier molecular flexibility index (Phi) is 6.63. The minimum Gasteiger partial charge on any atom is -0.317 e. The van der Waals surface area contributed by atoms with Gasteiger partial charge in [0.15, 0.2) is 0 Å². The van der Waals surface area contributed by atoms with Gasteiger partial charge < -0.3 is 4.57 Å². The Hall–Kier alpha value is -3.87. The van der Waals surface area contributed by atoms with E-state index in [9.17, 15) is 5.26 Å². The summed E-state index contributed by atoms with van der Waals surface area (Å²) < 4.78 is 4.80. The maximum absolute atomic E-state index is 9.25. The molecule has 5 aromatic rings. The molecule has 0 atom stereocenters. The predicted octanol–water partition coefficient (Wildman–Crippen LogP) is 10.5. The molecule has 3 aromatic carbocycles. The van der Waals surface area contributed by atoms with Gasteiger partial charge in [0, 0.05) is 48.3 Å². The van der Waals surface area contributed by atoms with E-state index >= 15 is 0 Å². The lowest BCUT2D eigenvalue weighted by Crippen LogP contribution is -2.11. The van der Waals surface area contributed by atoms with Gasteiger partial charge in [-0.05, 0) is 65.7 Å². The highest BCUT2D eigenvalue weighted by atomic mass is 32.1. The zero-order valence-electron chi connectivity index (χ0n) is 23.0. The van der Waals surface area contributed by atoms with Crippen molar-refractivity contribution < 1.29 is 0 Å². The van der Waals surface area contributed by atoms with Crippen LogP contribution >= 0.6 is 11.3 Å². The molecule has 2 heterocycles. The number of fused-ring (bicyclic) bond motifs is 4. The Bertz CT molecular complexity index is 1790. The highest BCUT2D eigenvalue weighted by molar-refractivity contribution is 7.25. The number of nitriles is 1. The minimum absolute atomic E-state index is 0.0168. The van der Waals surface area contributed by atoms with Gasteiger partial charge in [-0.15, -0.1) is 11.3 Å². The number of nitrogens with zero attached hydrogens (tertiary/aromatic N) is 2. The lowest BCUT2D eigenvalue weighted by atomic mass is 9.81. The van der Waals surface area contributed by atoms with Crippen LogP contribution in [-0.4, -0.2) is 4.57 Å². The Morgan fingerprint density at radius 3 is 2.24 bits per heavy atom. The molecule has 0 saturated carbocycles. The van der Waals surface area contributed by atoms with Crippen molar-refractivity contribution in [2.24, 2.45) is 10.8 Å². The first-order valence-corrected chi connectivity index (χ1v) is 14.1. The molecule has 0 spiro atoms. The molecule has 0 radical (unpaired) electrons. The van der Waals surface area contributed by atoms with Gasteiger partial charge in [0.05, 0.1) is 17.1 Å². The molecule has 0 N–H and O–H groups in total. The van der Waals surface area contributed by atoms with Gasteiger partial charge in [-0.25, -0.2) is 0 Å². The van der Waals surface area contributed by atoms with E-state index in [-0.39, 0.29) is 10.8 Å². The van der Waals surface area contributed by atoms with Gasteiger partial charge in [0.25, 0.3) is 0 Å². The van der Waals surface area contributed by atoms with Crippen molar-refractivity contribution >= 4 is 48.0 Å². The number of allylic oxidation sites excluding steroid dienone is 6. The van der Waals surface area contributed by atoms with E-state index in [1.165, 1.54) is 31.3 Å². The molecule has 0 aliphatic heterocycles. The summed E-state index contributed by atoms with van der Waals surface area (Å²) in [6.45, 7) is 13.0. The van der Waals surface area contributed by atoms with E-state index in [0.717, 1.165) is 16.6 Å². The first kappa shape index (κ1) is 25.8. The lowest BCUT2D eigenvalue weighted by molar-refractivity contribution is 0.577. The van der Waals surface area contributed by atoms with Gasteiger partial charge in [-0.1, -0.05) is 78.0 Å². The highest BCUT2D eigenvalue weighted by Gasteiger charge is 2.19. The summed E-state index contributed by atoms with van der Waals surface area (Å²) in [6.07, 6.45) is 13.7. The van der Waals surface area contributed by atoms with E-state index in [1.807, 2.05) is 43.4 Å². The van der Waals surface area contributed by atoms with Crippen LogP contribution in [0.4, 0.5) is 0 Å². The van der Waals surface area contributed by atoms with E-state index in [4.69, 9.17) is 0 Å². The van der Waals surface area contributed by atoms with Crippen molar-refractivity contribution in [3.8, 4) is 11.8 Å². The molecule has 0 saturated heterocycles. The zero-order chi connectivity index (χ0) is 27.1. The average molecular weight is 515 g/mol. The molecule has 0 amide bonds. The first-order valence-electron chi connectivity index (χ1n) is 13.3. The number of hydrogen-bond acceptors (Lipinski definition) is 2. The van der Waals surface area contributed by atoms with Crippen LogP contribution in [0, 0.1) is 22.2 Å². The van der Waals surface area contributed by atoms with Crippen LogP contribution in [0.3, 0.4) is 0 Å². The van der Waals surface area contributed by atoms with Gasteiger partial charge >= 0.3 is 0 Å². The highest BCUT2D eigenvalue weighted by Crippen LogP contribution is 2.39. The molecule has 6 rings (SSSR count). The fraction of sp³-hybridized carbons (Fsp3) is 0.229. The van der Waals surface area contributed by atoms with Crippen molar-refractivity contribution in [1.29, 1.82) is 5.26 Å². The van der Waals surface area contributed by atoms with E-state index in [2.05, 4.69) is 117 Å². The first-order chi connectivity index (χ1) is 18.2. The summed E-state index contributed by atoms with van der Waals surface area (Å²) in [5.41, 5.74) is 5.45. The third-order valence-corrected chi connectivity index (χ3v) is 8.20. The Balaban J connectivity index is 0.00000144. The van der Waals surface area contributed by atoms with Crippen LogP contribution in [0.25, 0.3) is 42.3 Å². The van der Waals surface area contributed by atoms with Gasteiger partial charge in [0.2, 0.25) is 0 Å². The minimum atomic E-state index is -0.0168. The van der Waals surface area contributed by atoms with Crippen molar-refractivity contribution in [3.63, 3.8) is 0 Å². The number of thiophene rings is 1. The van der Waals surface area contributed by atoms with E-state index in [1.54, 1.807) is 0 Å². The molecule has 2 nitrogen and oxygen atoms in total. The van der Waals surface area contributed by atoms with Crippen LogP contribution in [-0.2, 0) is 0 Å². The van der Waals surface area contributed by atoms with Gasteiger partial charge in [-0.3, -0.25) is 0 Å². The van der Waals surface area contributed by atoms with Crippen molar-refractivity contribution in [2.45, 2.75) is 41.5 Å². The van der Waals surface area contributed by atoms with Crippen LogP contribution < -0.4 is 0 Å². The summed E-state index contributed by atoms with van der Waals surface area (Å²) in [4.78, 5) is 0. The summed E-state index contributed by atoms with van der Waals surface area (Å²) in [7, 11) is 0. The average Bonchev–Trinajstić information content (AvgIpc) is 3.50. The van der Waals surface area contributed by atoms with Crippen molar-refractivity contribution in [3.05, 3.63) is 108 Å². The maximum Gasteiger partial charge on any atom is 0.0991 e. The molecule has 2 aromatic heterocycles. The molecule has 190 valence electrons. The normalized spacial score (nSPS) is 19.0. The maximum atomic E-state index is 9.25. The number of aromatic nitrogens is 1. The van der Waals surface area contributed by atoms with Crippen molar-refractivity contribution in [2.75, 3.05) is 0 Å². The largest absolute Gasteiger partial charge is 0.317 e. The summed E-state index contributed by atoms with van der Waals surface area (Å²) >= 11 is 1.84. The fourth-order valence-corrected chi connectivity index (χ4v) is 6.07. The molecule has 1 aliphatic carbocycles. The number of rotatable bonds is 2. The number of benzene rings is 3. The molecule has 0 bridgehead atoms. The molecule has 38 heavy (non-hydrogen) atoms. The monoisotopic (exact) mass is 514 g/mol. The second kappa shape index (κ2) is 9.78. The summed E-state index contributed by atoms with van der Waals surface area (Å²) in [5, 5.41) is 12.9. The fourth-order valence-electron chi connectivity index (χ4n) is 5.00. The quantitative estimate of drug-likeness (QED) is 0.215. The van der Waals surface area contributed by atoms with Crippen LogP contribution in [0.5, 0.6) is 0 Å². The predicted molar refractivity (Wildman–Crippen MR) is 166 cm³/mol.